The van der Waals surface area contributed by atoms with E-state index in [2.05, 4.69) is 22.0 Å². The molecule has 1 unspecified atom stereocenters. The summed E-state index contributed by atoms with van der Waals surface area (Å²) in [6.07, 6.45) is 1.55. The van der Waals surface area contributed by atoms with Gasteiger partial charge in [-0.25, -0.2) is 4.39 Å². The summed E-state index contributed by atoms with van der Waals surface area (Å²) in [4.78, 5) is 0. The highest BCUT2D eigenvalue weighted by Crippen LogP contribution is 2.21. The van der Waals surface area contributed by atoms with Crippen molar-refractivity contribution < 1.29 is 9.50 Å². The van der Waals surface area contributed by atoms with Crippen LogP contribution in [0.1, 0.15) is 11.1 Å². The van der Waals surface area contributed by atoms with Gasteiger partial charge in [-0.1, -0.05) is 46.3 Å². The SMILES string of the molecule is OCC(Cc1ccc(F)cc1)Cc1ccccc1Br. The predicted octanol–water partition coefficient (Wildman–Crippen LogP) is 3.98. The second-order valence-corrected chi connectivity index (χ2v) is 5.53. The number of hydrogen-bond acceptors (Lipinski definition) is 1. The van der Waals surface area contributed by atoms with Gasteiger partial charge in [0, 0.05) is 11.1 Å². The van der Waals surface area contributed by atoms with Gasteiger partial charge in [-0.05, 0) is 48.1 Å². The number of benzene rings is 2. The molecule has 0 aromatic heterocycles. The maximum absolute atomic E-state index is 12.9. The quantitative estimate of drug-likeness (QED) is 0.882. The van der Waals surface area contributed by atoms with Gasteiger partial charge in [-0.2, -0.15) is 0 Å². The second-order valence-electron chi connectivity index (χ2n) is 4.67. The summed E-state index contributed by atoms with van der Waals surface area (Å²) < 4.78 is 13.9. The van der Waals surface area contributed by atoms with Crippen LogP contribution in [0.2, 0.25) is 0 Å². The van der Waals surface area contributed by atoms with Crippen LogP contribution in [0.3, 0.4) is 0 Å². The highest BCUT2D eigenvalue weighted by molar-refractivity contribution is 9.10. The Bertz CT molecular complexity index is 525. The van der Waals surface area contributed by atoms with Crippen LogP contribution in [0.15, 0.2) is 53.0 Å². The van der Waals surface area contributed by atoms with Gasteiger partial charge in [0.1, 0.15) is 5.82 Å². The zero-order valence-electron chi connectivity index (χ0n) is 10.5. The van der Waals surface area contributed by atoms with E-state index < -0.39 is 0 Å². The van der Waals surface area contributed by atoms with Crippen LogP contribution in [0.5, 0.6) is 0 Å². The average molecular weight is 323 g/mol. The van der Waals surface area contributed by atoms with E-state index in [0.717, 1.165) is 22.9 Å². The van der Waals surface area contributed by atoms with Gasteiger partial charge in [0.05, 0.1) is 0 Å². The summed E-state index contributed by atoms with van der Waals surface area (Å²) in [5.41, 5.74) is 2.23. The molecule has 1 atom stereocenters. The van der Waals surface area contributed by atoms with Crippen LogP contribution in [-0.2, 0) is 12.8 Å². The fraction of sp³-hybridized carbons (Fsp3) is 0.250. The fourth-order valence-corrected chi connectivity index (χ4v) is 2.58. The monoisotopic (exact) mass is 322 g/mol. The smallest absolute Gasteiger partial charge is 0.123 e. The number of halogens is 2. The summed E-state index contributed by atoms with van der Waals surface area (Å²) in [5, 5.41) is 9.50. The first kappa shape index (κ1) is 14.2. The van der Waals surface area contributed by atoms with Crippen molar-refractivity contribution >= 4 is 15.9 Å². The Morgan fingerprint density at radius 2 is 1.68 bits per heavy atom. The van der Waals surface area contributed by atoms with Crippen molar-refractivity contribution in [2.24, 2.45) is 5.92 Å². The van der Waals surface area contributed by atoms with E-state index in [0.29, 0.717) is 0 Å². The van der Waals surface area contributed by atoms with Crippen LogP contribution in [0, 0.1) is 11.7 Å². The summed E-state index contributed by atoms with van der Waals surface area (Å²) in [6.45, 7) is 0.124. The highest BCUT2D eigenvalue weighted by Gasteiger charge is 2.11. The van der Waals surface area contributed by atoms with E-state index in [9.17, 15) is 9.50 Å². The molecule has 0 bridgehead atoms. The summed E-state index contributed by atoms with van der Waals surface area (Å²) >= 11 is 3.52. The van der Waals surface area contributed by atoms with Crippen LogP contribution in [0.25, 0.3) is 0 Å². The molecule has 19 heavy (non-hydrogen) atoms. The Morgan fingerprint density at radius 3 is 2.32 bits per heavy atom. The summed E-state index contributed by atoms with van der Waals surface area (Å²) in [7, 11) is 0. The van der Waals surface area contributed by atoms with Crippen LogP contribution in [0.4, 0.5) is 4.39 Å². The standard InChI is InChI=1S/C16H16BrFO/c17-16-4-2-1-3-14(16)10-13(11-19)9-12-5-7-15(18)8-6-12/h1-8,13,19H,9-11H2. The Balaban J connectivity index is 2.05. The van der Waals surface area contributed by atoms with Crippen LogP contribution >= 0.6 is 15.9 Å². The van der Waals surface area contributed by atoms with Crippen molar-refractivity contribution in [3.05, 3.63) is 69.9 Å². The molecule has 2 aromatic carbocycles. The predicted molar refractivity (Wildman–Crippen MR) is 78.5 cm³/mol. The van der Waals surface area contributed by atoms with Gasteiger partial charge in [-0.3, -0.25) is 0 Å². The minimum Gasteiger partial charge on any atom is -0.396 e. The molecule has 2 rings (SSSR count). The molecular formula is C16H16BrFO. The van der Waals surface area contributed by atoms with Gasteiger partial charge in [0.2, 0.25) is 0 Å². The highest BCUT2D eigenvalue weighted by atomic mass is 79.9. The first-order valence-corrected chi connectivity index (χ1v) is 7.07. The first-order chi connectivity index (χ1) is 9.19. The molecule has 1 N–H and O–H groups in total. The first-order valence-electron chi connectivity index (χ1n) is 6.27. The number of hydrogen-bond donors (Lipinski definition) is 1. The molecule has 0 saturated heterocycles. The zero-order valence-corrected chi connectivity index (χ0v) is 12.1. The van der Waals surface area contributed by atoms with Crippen molar-refractivity contribution in [3.8, 4) is 0 Å². The van der Waals surface area contributed by atoms with Crippen LogP contribution in [-0.4, -0.2) is 11.7 Å². The van der Waals surface area contributed by atoms with Crippen molar-refractivity contribution in [2.75, 3.05) is 6.61 Å². The van der Waals surface area contributed by atoms with E-state index in [1.807, 2.05) is 18.2 Å². The fourth-order valence-electron chi connectivity index (χ4n) is 2.13. The molecule has 0 amide bonds. The molecule has 100 valence electrons. The Morgan fingerprint density at radius 1 is 1.00 bits per heavy atom. The average Bonchev–Trinajstić information content (AvgIpc) is 2.43. The van der Waals surface area contributed by atoms with Gasteiger partial charge >= 0.3 is 0 Å². The molecule has 0 aliphatic heterocycles. The van der Waals surface area contributed by atoms with E-state index in [1.165, 1.54) is 17.7 Å². The maximum atomic E-state index is 12.9. The molecule has 0 radical (unpaired) electrons. The van der Waals surface area contributed by atoms with Gasteiger partial charge in [-0.15, -0.1) is 0 Å². The Hall–Kier alpha value is -1.19. The topological polar surface area (TPSA) is 20.2 Å². The van der Waals surface area contributed by atoms with E-state index in [4.69, 9.17) is 0 Å². The molecule has 0 fully saturated rings. The molecule has 0 aliphatic rings. The normalized spacial score (nSPS) is 12.4. The van der Waals surface area contributed by atoms with Gasteiger partial charge in [0.25, 0.3) is 0 Å². The zero-order chi connectivity index (χ0) is 13.7. The van der Waals surface area contributed by atoms with E-state index in [-0.39, 0.29) is 18.3 Å². The molecule has 1 nitrogen and oxygen atoms in total. The Kier molecular flexibility index (Phi) is 5.11. The summed E-state index contributed by atoms with van der Waals surface area (Å²) in [6, 6.07) is 14.5. The molecule has 2 aromatic rings. The molecule has 0 heterocycles. The number of rotatable bonds is 5. The summed E-state index contributed by atoms with van der Waals surface area (Å²) in [5.74, 6) is -0.0840. The minimum atomic E-state index is -0.227. The lowest BCUT2D eigenvalue weighted by molar-refractivity contribution is 0.225. The minimum absolute atomic E-state index is 0.124. The molecular weight excluding hydrogens is 307 g/mol. The largest absolute Gasteiger partial charge is 0.396 e. The molecule has 0 spiro atoms. The Labute approximate surface area is 121 Å². The maximum Gasteiger partial charge on any atom is 0.123 e. The van der Waals surface area contributed by atoms with Gasteiger partial charge < -0.3 is 5.11 Å². The molecule has 3 heteroatoms. The van der Waals surface area contributed by atoms with Crippen molar-refractivity contribution in [2.45, 2.75) is 12.8 Å². The lowest BCUT2D eigenvalue weighted by Crippen LogP contribution is -2.13. The van der Waals surface area contributed by atoms with E-state index >= 15 is 0 Å². The molecule has 0 aliphatic carbocycles. The lowest BCUT2D eigenvalue weighted by atomic mass is 9.93. The number of aliphatic hydroxyl groups is 1. The third kappa shape index (κ3) is 4.15. The third-order valence-electron chi connectivity index (χ3n) is 3.16. The van der Waals surface area contributed by atoms with Gasteiger partial charge in [0.15, 0.2) is 0 Å². The third-order valence-corrected chi connectivity index (χ3v) is 3.94. The van der Waals surface area contributed by atoms with E-state index in [1.54, 1.807) is 12.1 Å². The number of aliphatic hydroxyl groups excluding tert-OH is 1. The molecule has 0 saturated carbocycles. The van der Waals surface area contributed by atoms with Crippen molar-refractivity contribution in [1.29, 1.82) is 0 Å². The van der Waals surface area contributed by atoms with Crippen molar-refractivity contribution in [3.63, 3.8) is 0 Å². The lowest BCUT2D eigenvalue weighted by Gasteiger charge is -2.15. The van der Waals surface area contributed by atoms with Crippen molar-refractivity contribution in [1.82, 2.24) is 0 Å². The second kappa shape index (κ2) is 6.83. The van der Waals surface area contributed by atoms with Crippen LogP contribution < -0.4 is 0 Å².